The summed E-state index contributed by atoms with van der Waals surface area (Å²) in [7, 11) is -3.43. The highest BCUT2D eigenvalue weighted by atomic mass is 31.2. The summed E-state index contributed by atoms with van der Waals surface area (Å²) in [4.78, 5) is 10.3. The molecule has 4 nitrogen and oxygen atoms in total. The molecule has 0 saturated carbocycles. The smallest absolute Gasteiger partial charge is 0.172 e. The normalized spacial score (nSPS) is 14.0. The fourth-order valence-corrected chi connectivity index (χ4v) is 12.6. The Morgan fingerprint density at radius 1 is 0.369 bits per heavy atom. The minimum atomic E-state index is -3.43. The zero-order valence-corrected chi connectivity index (χ0v) is 36.2. The Morgan fingerprint density at radius 2 is 0.846 bits per heavy atom. The Balaban J connectivity index is 1.02. The molecule has 0 N–H and O–H groups in total. The maximum Gasteiger partial charge on any atom is 0.172 e. The van der Waals surface area contributed by atoms with Crippen molar-refractivity contribution in [3.63, 3.8) is 0 Å². The number of benzene rings is 9. The van der Waals surface area contributed by atoms with Crippen molar-refractivity contribution in [1.82, 2.24) is 14.5 Å². The van der Waals surface area contributed by atoms with Crippen LogP contribution in [0.4, 0.5) is 0 Å². The quantitative estimate of drug-likeness (QED) is 0.150. The number of fused-ring (bicyclic) bond motifs is 7. The molecular weight excluding hydrogens is 810 g/mol. The molecule has 1 aliphatic heterocycles. The van der Waals surface area contributed by atoms with Crippen molar-refractivity contribution in [2.45, 2.75) is 0 Å². The molecule has 0 aliphatic carbocycles. The van der Waals surface area contributed by atoms with Crippen LogP contribution in [-0.4, -0.2) is 14.5 Å². The van der Waals surface area contributed by atoms with Gasteiger partial charge in [-0.3, -0.25) is 0 Å². The average molecular weight is 850 g/mol. The molecule has 12 rings (SSSR count). The lowest BCUT2D eigenvalue weighted by Gasteiger charge is -2.23. The largest absolute Gasteiger partial charge is 0.309 e. The van der Waals surface area contributed by atoms with E-state index in [1.807, 2.05) is 66.7 Å². The van der Waals surface area contributed by atoms with Crippen LogP contribution in [0.2, 0.25) is 0 Å². The van der Waals surface area contributed by atoms with E-state index in [1.165, 1.54) is 5.56 Å². The third-order valence-electron chi connectivity index (χ3n) is 12.7. The van der Waals surface area contributed by atoms with Crippen LogP contribution in [0.1, 0.15) is 0 Å². The summed E-state index contributed by atoms with van der Waals surface area (Å²) < 4.78 is 18.9. The van der Waals surface area contributed by atoms with Crippen LogP contribution < -0.4 is 15.9 Å². The first kappa shape index (κ1) is 38.5. The highest BCUT2D eigenvalue weighted by Crippen LogP contribution is 2.54. The molecule has 1 unspecified atom stereocenters. The summed E-state index contributed by atoms with van der Waals surface area (Å²) in [5.41, 5.74) is 15.2. The SMILES string of the molecule is O=P1(c2cccc(-c3ccccc3)c2)c2ccccc2-c2c(n(-c3ccc(-c4cc(-c5ccc(-c6ccccc6)cc5)nc(-c5ccccc5)n4)cc3)c3ccccc23)-c2ccccc21. The second kappa shape index (κ2) is 15.9. The lowest BCUT2D eigenvalue weighted by molar-refractivity contribution is 0.592. The highest BCUT2D eigenvalue weighted by molar-refractivity contribution is 7.85. The van der Waals surface area contributed by atoms with Gasteiger partial charge in [0.25, 0.3) is 0 Å². The van der Waals surface area contributed by atoms with E-state index < -0.39 is 7.14 Å². The first-order valence-corrected chi connectivity index (χ1v) is 23.6. The Kier molecular flexibility index (Phi) is 9.40. The summed E-state index contributed by atoms with van der Waals surface area (Å²) in [5.74, 6) is 0.671. The van der Waals surface area contributed by atoms with Crippen LogP contribution in [0.25, 0.3) is 95.1 Å². The molecule has 0 amide bonds. The standard InChI is InChI=1S/C60H40N3OP/c64-65(49-24-16-23-47(39-49)42-19-6-2-7-20-42)56-29-14-11-26-51(56)58-50-25-10-13-28-55(50)63(59(58)52-27-12-15-30-57(52)65)48-37-35-45(36-38-48)54-40-53(61-60(62-54)46-21-8-3-9-22-46)44-33-31-43(32-34-44)41-17-4-1-5-18-41/h1-40H. The topological polar surface area (TPSA) is 47.8 Å². The van der Waals surface area contributed by atoms with Gasteiger partial charge < -0.3 is 9.13 Å². The minimum absolute atomic E-state index is 0.671. The van der Waals surface area contributed by atoms with Crippen molar-refractivity contribution in [2.24, 2.45) is 0 Å². The van der Waals surface area contributed by atoms with Gasteiger partial charge in [-0.2, -0.15) is 0 Å². The summed E-state index contributed by atoms with van der Waals surface area (Å²) in [6, 6.07) is 83.9. The number of rotatable bonds is 7. The monoisotopic (exact) mass is 849 g/mol. The van der Waals surface area contributed by atoms with Gasteiger partial charge in [-0.05, 0) is 58.1 Å². The van der Waals surface area contributed by atoms with Gasteiger partial charge >= 0.3 is 0 Å². The van der Waals surface area contributed by atoms with Crippen molar-refractivity contribution in [3.05, 3.63) is 243 Å². The van der Waals surface area contributed by atoms with E-state index in [1.54, 1.807) is 0 Å². The maximum atomic E-state index is 16.6. The van der Waals surface area contributed by atoms with Gasteiger partial charge in [0.15, 0.2) is 13.0 Å². The van der Waals surface area contributed by atoms with E-state index in [0.717, 1.165) is 99.7 Å². The van der Waals surface area contributed by atoms with Crippen molar-refractivity contribution >= 4 is 34.0 Å². The first-order chi connectivity index (χ1) is 32.1. The second-order valence-electron chi connectivity index (χ2n) is 16.5. The Labute approximate surface area is 378 Å². The van der Waals surface area contributed by atoms with E-state index in [0.29, 0.717) is 5.82 Å². The second-order valence-corrected chi connectivity index (χ2v) is 19.2. The molecule has 65 heavy (non-hydrogen) atoms. The Bertz CT molecular complexity index is 3600. The average Bonchev–Trinajstić information content (AvgIpc) is 3.70. The summed E-state index contributed by atoms with van der Waals surface area (Å²) >= 11 is 0. The van der Waals surface area contributed by atoms with Gasteiger partial charge in [0.1, 0.15) is 0 Å². The van der Waals surface area contributed by atoms with Crippen LogP contribution in [-0.2, 0) is 4.57 Å². The predicted molar refractivity (Wildman–Crippen MR) is 270 cm³/mol. The summed E-state index contributed by atoms with van der Waals surface area (Å²) in [6.45, 7) is 0. The van der Waals surface area contributed by atoms with E-state index in [-0.39, 0.29) is 0 Å². The molecule has 306 valence electrons. The van der Waals surface area contributed by atoms with Gasteiger partial charge in [0, 0.05) is 54.8 Å². The minimum Gasteiger partial charge on any atom is -0.309 e. The van der Waals surface area contributed by atoms with Crippen LogP contribution in [0.3, 0.4) is 0 Å². The molecule has 9 aromatic carbocycles. The van der Waals surface area contributed by atoms with Crippen molar-refractivity contribution in [2.75, 3.05) is 0 Å². The lowest BCUT2D eigenvalue weighted by Crippen LogP contribution is -2.26. The Morgan fingerprint density at radius 3 is 1.51 bits per heavy atom. The molecule has 0 bridgehead atoms. The fraction of sp³-hybridized carbons (Fsp3) is 0. The van der Waals surface area contributed by atoms with Crippen molar-refractivity contribution < 1.29 is 4.57 Å². The summed E-state index contributed by atoms with van der Waals surface area (Å²) in [6.07, 6.45) is 0. The third-order valence-corrected chi connectivity index (χ3v) is 15.8. The van der Waals surface area contributed by atoms with Crippen LogP contribution in [0.5, 0.6) is 0 Å². The molecule has 11 aromatic rings. The van der Waals surface area contributed by atoms with E-state index in [4.69, 9.17) is 9.97 Å². The molecular formula is C60H40N3OP. The molecule has 0 radical (unpaired) electrons. The van der Waals surface area contributed by atoms with Gasteiger partial charge in [-0.25, -0.2) is 9.97 Å². The van der Waals surface area contributed by atoms with Gasteiger partial charge in [-0.15, -0.1) is 0 Å². The number of para-hydroxylation sites is 1. The van der Waals surface area contributed by atoms with Crippen LogP contribution in [0.15, 0.2) is 243 Å². The molecule has 2 aromatic heterocycles. The first-order valence-electron chi connectivity index (χ1n) is 21.9. The lowest BCUT2D eigenvalue weighted by atomic mass is 9.98. The Hall–Kier alpha value is -8.17. The molecule has 0 spiro atoms. The van der Waals surface area contributed by atoms with E-state index >= 15 is 4.57 Å². The van der Waals surface area contributed by atoms with E-state index in [2.05, 4.69) is 180 Å². The fourth-order valence-electron chi connectivity index (χ4n) is 9.57. The predicted octanol–water partition coefficient (Wildman–Crippen LogP) is 14.0. The molecule has 5 heteroatoms. The number of aromatic nitrogens is 3. The number of hydrogen-bond acceptors (Lipinski definition) is 3. The van der Waals surface area contributed by atoms with Crippen LogP contribution >= 0.6 is 7.14 Å². The van der Waals surface area contributed by atoms with Gasteiger partial charge in [0.2, 0.25) is 0 Å². The van der Waals surface area contributed by atoms with Crippen molar-refractivity contribution in [1.29, 1.82) is 0 Å². The molecule has 1 atom stereocenters. The summed E-state index contributed by atoms with van der Waals surface area (Å²) in [5, 5.41) is 3.59. The van der Waals surface area contributed by atoms with Gasteiger partial charge in [-0.1, -0.05) is 212 Å². The zero-order valence-electron chi connectivity index (χ0n) is 35.3. The highest BCUT2D eigenvalue weighted by Gasteiger charge is 2.40. The van der Waals surface area contributed by atoms with Crippen molar-refractivity contribution in [3.8, 4) is 84.2 Å². The number of nitrogens with zero attached hydrogens (tertiary/aromatic N) is 3. The van der Waals surface area contributed by atoms with Gasteiger partial charge in [0.05, 0.1) is 22.6 Å². The zero-order chi connectivity index (χ0) is 43.3. The van der Waals surface area contributed by atoms with Crippen LogP contribution in [0, 0.1) is 0 Å². The van der Waals surface area contributed by atoms with E-state index in [9.17, 15) is 0 Å². The molecule has 3 heterocycles. The molecule has 0 fully saturated rings. The number of hydrogen-bond donors (Lipinski definition) is 0. The molecule has 1 aliphatic rings. The maximum absolute atomic E-state index is 16.6. The third kappa shape index (κ3) is 6.58. The molecule has 0 saturated heterocycles.